The van der Waals surface area contributed by atoms with Crippen molar-refractivity contribution in [2.24, 2.45) is 5.84 Å². The van der Waals surface area contributed by atoms with E-state index in [2.05, 4.69) is 22.7 Å². The molecule has 4 nitrogen and oxygen atoms in total. The van der Waals surface area contributed by atoms with Gasteiger partial charge in [0, 0.05) is 11.3 Å². The Morgan fingerprint density at radius 2 is 2.11 bits per heavy atom. The standard InChI is InChI=1S/C12H18Cl2N4S/c1-2-19-10-5-3-4-9(10)16-11-7(13)6-8(14)12(17-11)18-15/h6,9-10H,2-5,15H2,1H3,(H2,16,17,18). The first-order valence-corrected chi connectivity index (χ1v) is 8.17. The van der Waals surface area contributed by atoms with Gasteiger partial charge in [-0.25, -0.2) is 10.8 Å². The maximum absolute atomic E-state index is 6.18. The molecule has 1 saturated carbocycles. The lowest BCUT2D eigenvalue weighted by atomic mass is 10.2. The second-order valence-corrected chi connectivity index (χ2v) is 6.80. The van der Waals surface area contributed by atoms with Crippen LogP contribution in [0.2, 0.25) is 10.0 Å². The van der Waals surface area contributed by atoms with Gasteiger partial charge >= 0.3 is 0 Å². The van der Waals surface area contributed by atoms with E-state index in [-0.39, 0.29) is 0 Å². The van der Waals surface area contributed by atoms with Gasteiger partial charge in [-0.3, -0.25) is 0 Å². The van der Waals surface area contributed by atoms with E-state index in [1.165, 1.54) is 12.8 Å². The average Bonchev–Trinajstić information content (AvgIpc) is 2.80. The van der Waals surface area contributed by atoms with Crippen LogP contribution in [0.15, 0.2) is 6.07 Å². The first-order valence-electron chi connectivity index (χ1n) is 6.36. The van der Waals surface area contributed by atoms with Crippen molar-refractivity contribution >= 4 is 46.6 Å². The molecule has 1 aromatic rings. The van der Waals surface area contributed by atoms with Gasteiger partial charge in [-0.05, 0) is 24.7 Å². The van der Waals surface area contributed by atoms with Crippen LogP contribution < -0.4 is 16.6 Å². The zero-order valence-electron chi connectivity index (χ0n) is 10.7. The average molecular weight is 321 g/mol. The molecule has 1 aliphatic rings. The molecule has 2 atom stereocenters. The van der Waals surface area contributed by atoms with Gasteiger partial charge < -0.3 is 10.7 Å². The summed E-state index contributed by atoms with van der Waals surface area (Å²) in [6.45, 7) is 2.18. The van der Waals surface area contributed by atoms with Gasteiger partial charge in [0.1, 0.15) is 5.82 Å². The fourth-order valence-electron chi connectivity index (χ4n) is 2.35. The predicted octanol–water partition coefficient (Wildman–Crippen LogP) is 3.76. The summed E-state index contributed by atoms with van der Waals surface area (Å²) in [6, 6.07) is 2.06. The Bertz CT molecular complexity index is 444. The Hall–Kier alpha value is -0.360. The Balaban J connectivity index is 2.14. The van der Waals surface area contributed by atoms with Gasteiger partial charge in [-0.15, -0.1) is 0 Å². The summed E-state index contributed by atoms with van der Waals surface area (Å²) in [6.07, 6.45) is 3.62. The van der Waals surface area contributed by atoms with E-state index in [1.807, 2.05) is 11.8 Å². The normalized spacial score (nSPS) is 22.5. The molecule has 1 aliphatic carbocycles. The number of thioether (sulfide) groups is 1. The number of nitrogen functional groups attached to an aromatic ring is 1. The van der Waals surface area contributed by atoms with Gasteiger partial charge in [0.2, 0.25) is 0 Å². The van der Waals surface area contributed by atoms with Crippen LogP contribution in [0.4, 0.5) is 11.6 Å². The van der Waals surface area contributed by atoms with Gasteiger partial charge in [0.15, 0.2) is 5.82 Å². The van der Waals surface area contributed by atoms with Crippen LogP contribution in [0.25, 0.3) is 0 Å². The third-order valence-electron chi connectivity index (χ3n) is 3.22. The molecule has 0 aliphatic heterocycles. The van der Waals surface area contributed by atoms with Crippen LogP contribution in [0.3, 0.4) is 0 Å². The maximum Gasteiger partial charge on any atom is 0.161 e. The molecular weight excluding hydrogens is 303 g/mol. The smallest absolute Gasteiger partial charge is 0.161 e. The molecule has 1 heterocycles. The summed E-state index contributed by atoms with van der Waals surface area (Å²) < 4.78 is 0. The quantitative estimate of drug-likeness (QED) is 0.569. The molecule has 2 rings (SSSR count). The van der Waals surface area contributed by atoms with E-state index in [9.17, 15) is 0 Å². The van der Waals surface area contributed by atoms with Gasteiger partial charge in [-0.1, -0.05) is 36.5 Å². The Morgan fingerprint density at radius 3 is 2.79 bits per heavy atom. The van der Waals surface area contributed by atoms with Crippen LogP contribution in [0, 0.1) is 0 Å². The molecule has 19 heavy (non-hydrogen) atoms. The molecule has 4 N–H and O–H groups in total. The van der Waals surface area contributed by atoms with Crippen molar-refractivity contribution in [3.05, 3.63) is 16.1 Å². The largest absolute Gasteiger partial charge is 0.365 e. The minimum Gasteiger partial charge on any atom is -0.365 e. The summed E-state index contributed by atoms with van der Waals surface area (Å²) in [7, 11) is 0. The highest BCUT2D eigenvalue weighted by molar-refractivity contribution is 7.99. The second kappa shape index (κ2) is 6.88. The molecular formula is C12H18Cl2N4S. The Labute approximate surface area is 127 Å². The number of hydrazine groups is 1. The number of aromatic nitrogens is 1. The van der Waals surface area contributed by atoms with Crippen molar-refractivity contribution in [3.8, 4) is 0 Å². The molecule has 7 heteroatoms. The monoisotopic (exact) mass is 320 g/mol. The van der Waals surface area contributed by atoms with Crippen molar-refractivity contribution in [2.45, 2.75) is 37.5 Å². The van der Waals surface area contributed by atoms with Crippen molar-refractivity contribution in [3.63, 3.8) is 0 Å². The van der Waals surface area contributed by atoms with E-state index in [4.69, 9.17) is 29.0 Å². The molecule has 0 amide bonds. The Morgan fingerprint density at radius 1 is 1.37 bits per heavy atom. The predicted molar refractivity (Wildman–Crippen MR) is 85.2 cm³/mol. The molecule has 1 fully saturated rings. The molecule has 1 aromatic heterocycles. The number of hydrogen-bond acceptors (Lipinski definition) is 5. The molecule has 106 valence electrons. The topological polar surface area (TPSA) is 63.0 Å². The van der Waals surface area contributed by atoms with E-state index in [0.29, 0.717) is 33.0 Å². The Kier molecular flexibility index (Phi) is 5.45. The lowest BCUT2D eigenvalue weighted by molar-refractivity contribution is 0.763. The third-order valence-corrected chi connectivity index (χ3v) is 5.12. The summed E-state index contributed by atoms with van der Waals surface area (Å²) >= 11 is 14.1. The van der Waals surface area contributed by atoms with Crippen molar-refractivity contribution < 1.29 is 0 Å². The number of nitrogens with one attached hydrogen (secondary N) is 2. The summed E-state index contributed by atoms with van der Waals surface area (Å²) in [5.74, 6) is 7.59. The number of anilines is 2. The van der Waals surface area contributed by atoms with E-state index >= 15 is 0 Å². The lowest BCUT2D eigenvalue weighted by Crippen LogP contribution is -2.27. The van der Waals surface area contributed by atoms with E-state index in [1.54, 1.807) is 6.07 Å². The second-order valence-electron chi connectivity index (χ2n) is 4.47. The van der Waals surface area contributed by atoms with Gasteiger partial charge in [0.05, 0.1) is 10.0 Å². The molecule has 2 unspecified atom stereocenters. The molecule has 0 aromatic carbocycles. The molecule has 0 radical (unpaired) electrons. The first-order chi connectivity index (χ1) is 9.15. The summed E-state index contributed by atoms with van der Waals surface area (Å²) in [5, 5.41) is 4.99. The maximum atomic E-state index is 6.18. The van der Waals surface area contributed by atoms with Crippen molar-refractivity contribution in [2.75, 3.05) is 16.5 Å². The zero-order valence-corrected chi connectivity index (χ0v) is 13.1. The minimum absolute atomic E-state index is 0.404. The van der Waals surface area contributed by atoms with E-state index in [0.717, 1.165) is 12.2 Å². The number of pyridine rings is 1. The zero-order chi connectivity index (χ0) is 13.8. The SMILES string of the molecule is CCSC1CCCC1Nc1nc(NN)c(Cl)cc1Cl. The van der Waals surface area contributed by atoms with Crippen LogP contribution in [-0.2, 0) is 0 Å². The van der Waals surface area contributed by atoms with Gasteiger partial charge in [0.25, 0.3) is 0 Å². The van der Waals surface area contributed by atoms with Crippen molar-refractivity contribution in [1.82, 2.24) is 4.98 Å². The van der Waals surface area contributed by atoms with Crippen molar-refractivity contribution in [1.29, 1.82) is 0 Å². The first kappa shape index (κ1) is 15.0. The van der Waals surface area contributed by atoms with Crippen LogP contribution in [-0.4, -0.2) is 22.0 Å². The van der Waals surface area contributed by atoms with Crippen LogP contribution >= 0.6 is 35.0 Å². The fraction of sp³-hybridized carbons (Fsp3) is 0.583. The minimum atomic E-state index is 0.404. The molecule has 0 spiro atoms. The van der Waals surface area contributed by atoms with E-state index < -0.39 is 0 Å². The molecule has 0 bridgehead atoms. The number of nitrogens with zero attached hydrogens (tertiary/aromatic N) is 1. The van der Waals surface area contributed by atoms with Crippen LogP contribution in [0.5, 0.6) is 0 Å². The highest BCUT2D eigenvalue weighted by Gasteiger charge is 2.28. The third kappa shape index (κ3) is 3.60. The fourth-order valence-corrected chi connectivity index (χ4v) is 4.01. The van der Waals surface area contributed by atoms with Gasteiger partial charge in [-0.2, -0.15) is 11.8 Å². The highest BCUT2D eigenvalue weighted by atomic mass is 35.5. The summed E-state index contributed by atoms with van der Waals surface area (Å²) in [4.78, 5) is 4.33. The summed E-state index contributed by atoms with van der Waals surface area (Å²) in [5.41, 5.74) is 2.48. The highest BCUT2D eigenvalue weighted by Crippen LogP contribution is 2.35. The van der Waals surface area contributed by atoms with Crippen LogP contribution in [0.1, 0.15) is 26.2 Å². The number of hydrogen-bond donors (Lipinski definition) is 3. The number of nitrogens with two attached hydrogens (primary N) is 1. The number of halogens is 2. The lowest BCUT2D eigenvalue weighted by Gasteiger charge is -2.21. The number of rotatable bonds is 5. The molecule has 0 saturated heterocycles.